The van der Waals surface area contributed by atoms with E-state index >= 15 is 0 Å². The largest absolute Gasteiger partial charge is 0.389 e. The van der Waals surface area contributed by atoms with E-state index in [4.69, 9.17) is 4.74 Å². The van der Waals surface area contributed by atoms with Crippen LogP contribution in [0, 0.1) is 0 Å². The van der Waals surface area contributed by atoms with Crippen LogP contribution in [-0.2, 0) is 4.74 Å². The van der Waals surface area contributed by atoms with Gasteiger partial charge in [-0.1, -0.05) is 0 Å². The third-order valence-electron chi connectivity index (χ3n) is 1.74. The summed E-state index contributed by atoms with van der Waals surface area (Å²) in [6.07, 6.45) is -1.18. The smallest absolute Gasteiger partial charge is 0.0952 e. The predicted molar refractivity (Wildman–Crippen MR) is 35.7 cm³/mol. The molecule has 1 heterocycles. The Bertz CT molecular complexity index is 99.2. The van der Waals surface area contributed by atoms with E-state index in [0.717, 1.165) is 0 Å². The summed E-state index contributed by atoms with van der Waals surface area (Å²) in [5.74, 6) is 0. The standard InChI is InChI=1S/C6H13NO3/c1-7-6-4(8)2-10-3-5(6)9/h4-9H,2-3H2,1H3. The highest BCUT2D eigenvalue weighted by molar-refractivity contribution is 4.84. The molecule has 1 aliphatic rings. The summed E-state index contributed by atoms with van der Waals surface area (Å²) >= 11 is 0. The summed E-state index contributed by atoms with van der Waals surface area (Å²) < 4.78 is 4.89. The Hall–Kier alpha value is -0.160. The van der Waals surface area contributed by atoms with Crippen molar-refractivity contribution >= 4 is 0 Å². The van der Waals surface area contributed by atoms with Crippen LogP contribution in [0.3, 0.4) is 0 Å². The molecule has 10 heavy (non-hydrogen) atoms. The zero-order valence-electron chi connectivity index (χ0n) is 5.95. The minimum atomic E-state index is -0.589. The van der Waals surface area contributed by atoms with Gasteiger partial charge in [0, 0.05) is 0 Å². The monoisotopic (exact) mass is 147 g/mol. The lowest BCUT2D eigenvalue weighted by atomic mass is 10.0. The molecule has 3 N–H and O–H groups in total. The zero-order chi connectivity index (χ0) is 7.56. The van der Waals surface area contributed by atoms with Gasteiger partial charge in [-0.2, -0.15) is 0 Å². The van der Waals surface area contributed by atoms with Gasteiger partial charge in [0.1, 0.15) is 0 Å². The van der Waals surface area contributed by atoms with Crippen molar-refractivity contribution in [3.63, 3.8) is 0 Å². The van der Waals surface area contributed by atoms with Gasteiger partial charge in [0.2, 0.25) is 0 Å². The lowest BCUT2D eigenvalue weighted by molar-refractivity contribution is -0.0934. The summed E-state index contributed by atoms with van der Waals surface area (Å²) in [6.45, 7) is 0.616. The van der Waals surface area contributed by atoms with Crippen LogP contribution in [0.25, 0.3) is 0 Å². The molecule has 0 bridgehead atoms. The average Bonchev–Trinajstić information content (AvgIpc) is 1.88. The highest BCUT2D eigenvalue weighted by Crippen LogP contribution is 2.07. The number of nitrogens with one attached hydrogen (secondary N) is 1. The number of hydrogen-bond donors (Lipinski definition) is 3. The Morgan fingerprint density at radius 1 is 1.30 bits per heavy atom. The maximum atomic E-state index is 9.19. The van der Waals surface area contributed by atoms with Gasteiger partial charge in [0.15, 0.2) is 0 Å². The van der Waals surface area contributed by atoms with E-state index in [1.807, 2.05) is 0 Å². The molecule has 0 aromatic rings. The molecular formula is C6H13NO3. The normalized spacial score (nSPS) is 41.7. The van der Waals surface area contributed by atoms with E-state index < -0.39 is 12.2 Å². The summed E-state index contributed by atoms with van der Waals surface area (Å²) in [6, 6.07) is -0.242. The quantitative estimate of drug-likeness (QED) is 0.415. The predicted octanol–water partition coefficient (Wildman–Crippen LogP) is -1.67. The summed E-state index contributed by atoms with van der Waals surface area (Å²) in [5, 5.41) is 21.2. The van der Waals surface area contributed by atoms with Crippen molar-refractivity contribution in [2.24, 2.45) is 0 Å². The summed E-state index contributed by atoms with van der Waals surface area (Å²) in [7, 11) is 1.71. The lowest BCUT2D eigenvalue weighted by Gasteiger charge is -2.31. The van der Waals surface area contributed by atoms with Gasteiger partial charge in [-0.3, -0.25) is 0 Å². The Balaban J connectivity index is 2.45. The molecule has 1 fully saturated rings. The molecule has 4 heteroatoms. The Labute approximate surface area is 59.8 Å². The van der Waals surface area contributed by atoms with E-state index in [1.165, 1.54) is 0 Å². The third-order valence-corrected chi connectivity index (χ3v) is 1.74. The second-order valence-electron chi connectivity index (χ2n) is 2.49. The molecule has 0 amide bonds. The molecule has 1 aliphatic heterocycles. The van der Waals surface area contributed by atoms with Crippen LogP contribution in [0.5, 0.6) is 0 Å². The summed E-state index contributed by atoms with van der Waals surface area (Å²) in [5.41, 5.74) is 0. The van der Waals surface area contributed by atoms with Crippen LogP contribution >= 0.6 is 0 Å². The minimum absolute atomic E-state index is 0.242. The van der Waals surface area contributed by atoms with Crippen molar-refractivity contribution in [3.8, 4) is 0 Å². The first-order valence-electron chi connectivity index (χ1n) is 3.37. The van der Waals surface area contributed by atoms with Crippen molar-refractivity contribution in [2.75, 3.05) is 20.3 Å². The topological polar surface area (TPSA) is 61.7 Å². The molecule has 0 saturated carbocycles. The number of rotatable bonds is 1. The minimum Gasteiger partial charge on any atom is -0.389 e. The molecule has 4 nitrogen and oxygen atoms in total. The maximum Gasteiger partial charge on any atom is 0.0952 e. The van der Waals surface area contributed by atoms with Crippen molar-refractivity contribution in [3.05, 3.63) is 0 Å². The zero-order valence-corrected chi connectivity index (χ0v) is 5.95. The van der Waals surface area contributed by atoms with Gasteiger partial charge in [-0.05, 0) is 7.05 Å². The average molecular weight is 147 g/mol. The molecule has 1 rings (SSSR count). The highest BCUT2D eigenvalue weighted by Gasteiger charge is 2.29. The Morgan fingerprint density at radius 3 is 2.10 bits per heavy atom. The van der Waals surface area contributed by atoms with Crippen LogP contribution in [0.1, 0.15) is 0 Å². The first-order valence-corrected chi connectivity index (χ1v) is 3.37. The maximum absolute atomic E-state index is 9.19. The molecule has 0 aromatic carbocycles. The molecule has 0 aliphatic carbocycles. The van der Waals surface area contributed by atoms with E-state index in [0.29, 0.717) is 13.2 Å². The number of aliphatic hydroxyl groups is 2. The van der Waals surface area contributed by atoms with Crippen molar-refractivity contribution in [1.82, 2.24) is 5.32 Å². The van der Waals surface area contributed by atoms with E-state index in [9.17, 15) is 10.2 Å². The molecule has 60 valence electrons. The van der Waals surface area contributed by atoms with Crippen LogP contribution in [0.15, 0.2) is 0 Å². The van der Waals surface area contributed by atoms with E-state index in [-0.39, 0.29) is 6.04 Å². The van der Waals surface area contributed by atoms with Gasteiger partial charge in [-0.15, -0.1) is 0 Å². The fourth-order valence-electron chi connectivity index (χ4n) is 1.16. The summed E-state index contributed by atoms with van der Waals surface area (Å²) in [4.78, 5) is 0. The van der Waals surface area contributed by atoms with Crippen molar-refractivity contribution < 1.29 is 14.9 Å². The first-order chi connectivity index (χ1) is 4.75. The number of likely N-dealkylation sites (N-methyl/N-ethyl adjacent to an activating group) is 1. The second-order valence-corrected chi connectivity index (χ2v) is 2.49. The number of hydrogen-bond acceptors (Lipinski definition) is 4. The van der Waals surface area contributed by atoms with Gasteiger partial charge in [-0.25, -0.2) is 0 Å². The van der Waals surface area contributed by atoms with Crippen LogP contribution < -0.4 is 5.32 Å². The van der Waals surface area contributed by atoms with E-state index in [1.54, 1.807) is 7.05 Å². The fraction of sp³-hybridized carbons (Fsp3) is 1.00. The number of aliphatic hydroxyl groups excluding tert-OH is 2. The molecule has 0 spiro atoms. The van der Waals surface area contributed by atoms with Gasteiger partial charge >= 0.3 is 0 Å². The SMILES string of the molecule is CNC1C(O)COCC1O. The van der Waals surface area contributed by atoms with Crippen LogP contribution in [0.2, 0.25) is 0 Å². The van der Waals surface area contributed by atoms with Gasteiger partial charge < -0.3 is 20.3 Å². The molecular weight excluding hydrogens is 134 g/mol. The molecule has 2 unspecified atom stereocenters. The molecule has 1 saturated heterocycles. The highest BCUT2D eigenvalue weighted by atomic mass is 16.5. The fourth-order valence-corrected chi connectivity index (χ4v) is 1.16. The number of ether oxygens (including phenoxy) is 1. The van der Waals surface area contributed by atoms with Crippen molar-refractivity contribution in [2.45, 2.75) is 18.2 Å². The van der Waals surface area contributed by atoms with Crippen LogP contribution in [-0.4, -0.2) is 48.7 Å². The Morgan fingerprint density at radius 2 is 1.80 bits per heavy atom. The van der Waals surface area contributed by atoms with Crippen molar-refractivity contribution in [1.29, 1.82) is 0 Å². The third kappa shape index (κ3) is 1.46. The molecule has 0 aromatic heterocycles. The second kappa shape index (κ2) is 3.30. The van der Waals surface area contributed by atoms with Gasteiger partial charge in [0.05, 0.1) is 31.5 Å². The lowest BCUT2D eigenvalue weighted by Crippen LogP contribution is -2.54. The van der Waals surface area contributed by atoms with E-state index in [2.05, 4.69) is 5.32 Å². The Kier molecular flexibility index (Phi) is 2.62. The first kappa shape index (κ1) is 7.94. The molecule has 2 atom stereocenters. The van der Waals surface area contributed by atoms with Gasteiger partial charge in [0.25, 0.3) is 0 Å². The molecule has 0 radical (unpaired) electrons. The van der Waals surface area contributed by atoms with Crippen LogP contribution in [0.4, 0.5) is 0 Å².